The molecule has 17 heavy (non-hydrogen) atoms. The molecule has 1 aromatic heterocycles. The highest BCUT2D eigenvalue weighted by atomic mass is 32.2. The van der Waals surface area contributed by atoms with Crippen molar-refractivity contribution in [3.05, 3.63) is 35.4 Å². The van der Waals surface area contributed by atoms with Crippen LogP contribution in [0.25, 0.3) is 0 Å². The second-order valence-corrected chi connectivity index (χ2v) is 5.72. The van der Waals surface area contributed by atoms with Crippen LogP contribution in [-0.2, 0) is 0 Å². The molecule has 2 aromatic rings. The van der Waals surface area contributed by atoms with Gasteiger partial charge in [-0.2, -0.15) is 0 Å². The molecule has 88 valence electrons. The Morgan fingerprint density at radius 1 is 1.35 bits per heavy atom. The third-order valence-electron chi connectivity index (χ3n) is 2.12. The normalized spacial score (nSPS) is 10.4. The molecule has 0 atom stereocenters. The Labute approximate surface area is 107 Å². The van der Waals surface area contributed by atoms with Crippen molar-refractivity contribution < 1.29 is 4.79 Å². The number of Topliss-reactive ketones (excluding diaryl/α,β-unsaturated/α-hetero) is 1. The quantitative estimate of drug-likeness (QED) is 0.679. The molecule has 2 rings (SSSR count). The predicted molar refractivity (Wildman–Crippen MR) is 70.6 cm³/mol. The Bertz CT molecular complexity index is 522. The average Bonchev–Trinajstić information content (AvgIpc) is 2.73. The summed E-state index contributed by atoms with van der Waals surface area (Å²) in [6.07, 6.45) is 0. The van der Waals surface area contributed by atoms with Crippen molar-refractivity contribution in [1.82, 2.24) is 10.2 Å². The second-order valence-electron chi connectivity index (χ2n) is 3.48. The van der Waals surface area contributed by atoms with Crippen LogP contribution in [0.2, 0.25) is 0 Å². The van der Waals surface area contributed by atoms with Crippen LogP contribution in [0.15, 0.2) is 28.6 Å². The largest absolute Gasteiger partial charge is 0.374 e. The van der Waals surface area contributed by atoms with Gasteiger partial charge in [0.25, 0.3) is 0 Å². The van der Waals surface area contributed by atoms with Crippen molar-refractivity contribution in [2.75, 3.05) is 11.5 Å². The number of carbonyl (C=O) groups excluding carboxylic acids is 1. The number of rotatable bonds is 4. The Balaban J connectivity index is 1.95. The first-order valence-corrected chi connectivity index (χ1v) is 6.77. The Morgan fingerprint density at radius 3 is 2.65 bits per heavy atom. The lowest BCUT2D eigenvalue weighted by Crippen LogP contribution is -2.01. The van der Waals surface area contributed by atoms with Gasteiger partial charge in [-0.05, 0) is 6.92 Å². The predicted octanol–water partition coefficient (Wildman–Crippen LogP) is 2.40. The summed E-state index contributed by atoms with van der Waals surface area (Å²) in [6.45, 7) is 1.99. The van der Waals surface area contributed by atoms with E-state index in [-0.39, 0.29) is 5.78 Å². The number of nitrogen functional groups attached to an aromatic ring is 1. The molecular formula is C11H11N3OS2. The van der Waals surface area contributed by atoms with Crippen LogP contribution in [0.4, 0.5) is 5.13 Å². The lowest BCUT2D eigenvalue weighted by atomic mass is 10.1. The minimum absolute atomic E-state index is 0.0868. The van der Waals surface area contributed by atoms with E-state index in [9.17, 15) is 4.79 Å². The number of carbonyl (C=O) groups is 1. The number of anilines is 1. The fourth-order valence-corrected chi connectivity index (χ4v) is 2.76. The standard InChI is InChI=1S/C11H11N3OS2/c1-7-2-4-8(5-3-7)9(15)6-16-11-14-13-10(12)17-11/h2-5H,6H2,1H3,(H2,12,13). The summed E-state index contributed by atoms with van der Waals surface area (Å²) in [4.78, 5) is 11.8. The van der Waals surface area contributed by atoms with Crippen molar-refractivity contribution in [3.8, 4) is 0 Å². The molecule has 0 radical (unpaired) electrons. The zero-order chi connectivity index (χ0) is 12.3. The number of benzene rings is 1. The van der Waals surface area contributed by atoms with Gasteiger partial charge in [-0.1, -0.05) is 52.9 Å². The Hall–Kier alpha value is -1.40. The number of hydrogen-bond donors (Lipinski definition) is 1. The SMILES string of the molecule is Cc1ccc(C(=O)CSc2nnc(N)s2)cc1. The van der Waals surface area contributed by atoms with Gasteiger partial charge in [0.1, 0.15) is 0 Å². The molecule has 0 saturated carbocycles. The molecule has 1 aromatic carbocycles. The van der Waals surface area contributed by atoms with Crippen molar-refractivity contribution in [3.63, 3.8) is 0 Å². The van der Waals surface area contributed by atoms with E-state index in [0.717, 1.165) is 15.5 Å². The Kier molecular flexibility index (Phi) is 3.75. The number of thioether (sulfide) groups is 1. The smallest absolute Gasteiger partial charge is 0.203 e. The second kappa shape index (κ2) is 5.29. The van der Waals surface area contributed by atoms with Gasteiger partial charge in [-0.15, -0.1) is 10.2 Å². The summed E-state index contributed by atoms with van der Waals surface area (Å²) >= 11 is 2.66. The summed E-state index contributed by atoms with van der Waals surface area (Å²) in [5, 5.41) is 7.97. The van der Waals surface area contributed by atoms with Gasteiger partial charge in [0, 0.05) is 5.56 Å². The van der Waals surface area contributed by atoms with Gasteiger partial charge >= 0.3 is 0 Å². The Morgan fingerprint density at radius 2 is 2.06 bits per heavy atom. The van der Waals surface area contributed by atoms with Gasteiger partial charge in [0.15, 0.2) is 10.1 Å². The number of nitrogens with zero attached hydrogens (tertiary/aromatic N) is 2. The van der Waals surface area contributed by atoms with E-state index in [0.29, 0.717) is 10.9 Å². The summed E-state index contributed by atoms with van der Waals surface area (Å²) < 4.78 is 0.725. The third-order valence-corrected chi connectivity index (χ3v) is 4.01. The molecule has 4 nitrogen and oxygen atoms in total. The molecule has 0 unspecified atom stereocenters. The first kappa shape index (κ1) is 12.1. The van der Waals surface area contributed by atoms with Gasteiger partial charge in [0.05, 0.1) is 5.75 Å². The number of aryl methyl sites for hydroxylation is 1. The van der Waals surface area contributed by atoms with E-state index >= 15 is 0 Å². The van der Waals surface area contributed by atoms with Crippen LogP contribution < -0.4 is 5.73 Å². The monoisotopic (exact) mass is 265 g/mol. The highest BCUT2D eigenvalue weighted by Crippen LogP contribution is 2.24. The molecule has 0 aliphatic rings. The fraction of sp³-hybridized carbons (Fsp3) is 0.182. The highest BCUT2D eigenvalue weighted by molar-refractivity contribution is 8.01. The van der Waals surface area contributed by atoms with E-state index in [2.05, 4.69) is 10.2 Å². The van der Waals surface area contributed by atoms with Gasteiger partial charge in [-0.3, -0.25) is 4.79 Å². The van der Waals surface area contributed by atoms with Gasteiger partial charge in [0.2, 0.25) is 5.13 Å². The van der Waals surface area contributed by atoms with Crippen LogP contribution >= 0.6 is 23.1 Å². The van der Waals surface area contributed by atoms with E-state index < -0.39 is 0 Å². The number of ketones is 1. The maximum atomic E-state index is 11.8. The van der Waals surface area contributed by atoms with E-state index in [4.69, 9.17) is 5.73 Å². The van der Waals surface area contributed by atoms with Crippen molar-refractivity contribution >= 4 is 34.0 Å². The van der Waals surface area contributed by atoms with Crippen LogP contribution in [0, 0.1) is 6.92 Å². The molecule has 0 saturated heterocycles. The molecule has 0 spiro atoms. The molecule has 1 heterocycles. The third kappa shape index (κ3) is 3.28. The van der Waals surface area contributed by atoms with E-state index in [1.807, 2.05) is 31.2 Å². The zero-order valence-corrected chi connectivity index (χ0v) is 10.8. The van der Waals surface area contributed by atoms with E-state index in [1.165, 1.54) is 23.1 Å². The molecule has 0 aliphatic heterocycles. The minimum atomic E-state index is 0.0868. The summed E-state index contributed by atoms with van der Waals surface area (Å²) in [7, 11) is 0. The van der Waals surface area contributed by atoms with Crippen LogP contribution in [0.5, 0.6) is 0 Å². The summed E-state index contributed by atoms with van der Waals surface area (Å²) in [5.41, 5.74) is 7.33. The molecule has 6 heteroatoms. The molecular weight excluding hydrogens is 254 g/mol. The molecule has 0 bridgehead atoms. The number of aromatic nitrogens is 2. The first-order valence-electron chi connectivity index (χ1n) is 4.97. The van der Waals surface area contributed by atoms with Crippen LogP contribution in [0.3, 0.4) is 0 Å². The zero-order valence-electron chi connectivity index (χ0n) is 9.21. The van der Waals surface area contributed by atoms with Gasteiger partial charge in [-0.25, -0.2) is 0 Å². The topological polar surface area (TPSA) is 68.9 Å². The fourth-order valence-electron chi connectivity index (χ4n) is 1.23. The minimum Gasteiger partial charge on any atom is -0.374 e. The first-order chi connectivity index (χ1) is 8.15. The molecule has 0 amide bonds. The maximum absolute atomic E-state index is 11.8. The lowest BCUT2D eigenvalue weighted by molar-refractivity contribution is 0.102. The van der Waals surface area contributed by atoms with Gasteiger partial charge < -0.3 is 5.73 Å². The maximum Gasteiger partial charge on any atom is 0.203 e. The summed E-state index contributed by atoms with van der Waals surface area (Å²) in [6, 6.07) is 7.54. The number of hydrogen-bond acceptors (Lipinski definition) is 6. The van der Waals surface area contributed by atoms with Crippen molar-refractivity contribution in [1.29, 1.82) is 0 Å². The molecule has 2 N–H and O–H groups in total. The highest BCUT2D eigenvalue weighted by Gasteiger charge is 2.08. The van der Waals surface area contributed by atoms with Crippen molar-refractivity contribution in [2.24, 2.45) is 0 Å². The average molecular weight is 265 g/mol. The van der Waals surface area contributed by atoms with E-state index in [1.54, 1.807) is 0 Å². The molecule has 0 fully saturated rings. The van der Waals surface area contributed by atoms with Crippen molar-refractivity contribution in [2.45, 2.75) is 11.3 Å². The summed E-state index contributed by atoms with van der Waals surface area (Å²) in [5.74, 6) is 0.446. The van der Waals surface area contributed by atoms with Crippen LogP contribution in [-0.4, -0.2) is 21.7 Å². The molecule has 0 aliphatic carbocycles. The number of nitrogens with two attached hydrogens (primary N) is 1. The lowest BCUT2D eigenvalue weighted by Gasteiger charge is -1.99. The van der Waals surface area contributed by atoms with Crippen LogP contribution in [0.1, 0.15) is 15.9 Å².